The van der Waals surface area contributed by atoms with Gasteiger partial charge in [-0.15, -0.1) is 0 Å². The quantitative estimate of drug-likeness (QED) is 0.0681. The predicted molar refractivity (Wildman–Crippen MR) is 258 cm³/mol. The molecule has 2 fully saturated rings. The Bertz CT molecular complexity index is 2630. The van der Waals surface area contributed by atoms with E-state index in [2.05, 4.69) is 20.6 Å². The molecule has 2 atom stereocenters. The zero-order chi connectivity index (χ0) is 47.9. The minimum atomic E-state index is -0.976. The summed E-state index contributed by atoms with van der Waals surface area (Å²) in [5.41, 5.74) is 3.52. The molecule has 4 heterocycles. The van der Waals surface area contributed by atoms with Crippen molar-refractivity contribution >= 4 is 63.9 Å². The molecule has 67 heavy (non-hydrogen) atoms. The average molecular weight is 946 g/mol. The molecule has 15 nitrogen and oxygen atoms in total. The highest BCUT2D eigenvalue weighted by molar-refractivity contribution is 7.81. The minimum absolute atomic E-state index is 0.211. The van der Waals surface area contributed by atoms with E-state index in [0.29, 0.717) is 80.0 Å². The lowest BCUT2D eigenvalue weighted by molar-refractivity contribution is -0.144. The van der Waals surface area contributed by atoms with E-state index in [1.165, 1.54) is 11.3 Å². The highest BCUT2D eigenvalue weighted by Crippen LogP contribution is 2.38. The fourth-order valence-electron chi connectivity index (χ4n) is 8.05. The number of rotatable bonds is 17. The number of likely N-dealkylation sites (tertiary alicyclic amines) is 1. The van der Waals surface area contributed by atoms with E-state index in [1.807, 2.05) is 95.3 Å². The summed E-state index contributed by atoms with van der Waals surface area (Å²) >= 11 is 12.1. The standard InChI is InChI=1S/C50H53ClN8O7S/c1-49(2,3)44(46(62)57-22-8-9-40(57)45(61)55-27-32-10-12-34(13-11-32)41-29-53-31-66-41)56-42(60)30-64-23-6-7-24-65-43-21-17-36(28-54-43)33-14-18-37(19-15-33)59-48(67)58(47(63)50(59,4)5)38-20-16-35(26-52)39(51)25-38/h10-21,25,28-29,31,40,44H,6-9,22-24,27,30H2,1-5H3,(H,55,61)(H,56,60)/t40-,44+/m0/s1. The molecule has 0 bridgehead atoms. The number of halogens is 1. The number of benzene rings is 3. The first kappa shape index (κ1) is 48.3. The second-order valence-electron chi connectivity index (χ2n) is 18.0. The number of nitrogens with zero attached hydrogens (tertiary/aromatic N) is 6. The smallest absolute Gasteiger partial charge is 0.259 e. The topological polar surface area (TPSA) is 183 Å². The van der Waals surface area contributed by atoms with Crippen LogP contribution in [0.5, 0.6) is 5.88 Å². The lowest BCUT2D eigenvalue weighted by atomic mass is 9.85. The number of nitriles is 1. The Morgan fingerprint density at radius 2 is 1.67 bits per heavy atom. The summed E-state index contributed by atoms with van der Waals surface area (Å²) < 4.78 is 16.9. The van der Waals surface area contributed by atoms with Crippen LogP contribution in [0.25, 0.3) is 22.5 Å². The van der Waals surface area contributed by atoms with Crippen LogP contribution in [0.1, 0.15) is 71.4 Å². The van der Waals surface area contributed by atoms with Gasteiger partial charge in [0.15, 0.2) is 17.3 Å². The van der Waals surface area contributed by atoms with Crippen LogP contribution in [-0.4, -0.2) is 87.6 Å². The number of anilines is 2. The molecule has 348 valence electrons. The zero-order valence-corrected chi connectivity index (χ0v) is 39.7. The normalized spacial score (nSPS) is 16.2. The summed E-state index contributed by atoms with van der Waals surface area (Å²) in [6.07, 6.45) is 7.26. The Hall–Kier alpha value is -6.67. The van der Waals surface area contributed by atoms with Crippen molar-refractivity contribution in [3.63, 3.8) is 0 Å². The summed E-state index contributed by atoms with van der Waals surface area (Å²) in [6.45, 7) is 10.5. The van der Waals surface area contributed by atoms with Gasteiger partial charge < -0.3 is 34.3 Å². The van der Waals surface area contributed by atoms with Gasteiger partial charge in [0.25, 0.3) is 5.91 Å². The van der Waals surface area contributed by atoms with E-state index in [0.717, 1.165) is 27.9 Å². The first-order valence-electron chi connectivity index (χ1n) is 22.1. The van der Waals surface area contributed by atoms with Crippen LogP contribution in [0.4, 0.5) is 11.4 Å². The van der Waals surface area contributed by atoms with Crippen molar-refractivity contribution in [2.45, 2.75) is 84.5 Å². The second kappa shape index (κ2) is 20.9. The van der Waals surface area contributed by atoms with Crippen LogP contribution in [0.3, 0.4) is 0 Å². The van der Waals surface area contributed by atoms with Gasteiger partial charge in [0.1, 0.15) is 30.3 Å². The Morgan fingerprint density at radius 1 is 0.970 bits per heavy atom. The number of hydrogen-bond acceptors (Lipinski definition) is 11. The number of oxazole rings is 1. The molecule has 0 spiro atoms. The maximum atomic E-state index is 13.9. The molecule has 0 saturated carbocycles. The summed E-state index contributed by atoms with van der Waals surface area (Å²) in [7, 11) is 0. The second-order valence-corrected chi connectivity index (χ2v) is 18.7. The van der Waals surface area contributed by atoms with Crippen LogP contribution in [0, 0.1) is 16.7 Å². The van der Waals surface area contributed by atoms with E-state index >= 15 is 0 Å². The van der Waals surface area contributed by atoms with E-state index < -0.39 is 28.9 Å². The first-order valence-corrected chi connectivity index (χ1v) is 22.9. The highest BCUT2D eigenvalue weighted by Gasteiger charge is 2.50. The molecule has 2 aliphatic heterocycles. The number of unbranched alkanes of at least 4 members (excludes halogenated alkanes) is 1. The summed E-state index contributed by atoms with van der Waals surface area (Å²) in [5, 5.41) is 15.7. The van der Waals surface area contributed by atoms with Gasteiger partial charge in [-0.05, 0) is 105 Å². The molecule has 3 aromatic carbocycles. The molecular weight excluding hydrogens is 892 g/mol. The average Bonchev–Trinajstić information content (AvgIpc) is 4.07. The summed E-state index contributed by atoms with van der Waals surface area (Å²) in [6, 6.07) is 24.4. The van der Waals surface area contributed by atoms with Gasteiger partial charge in [0, 0.05) is 48.8 Å². The van der Waals surface area contributed by atoms with Crippen LogP contribution >= 0.6 is 23.8 Å². The first-order chi connectivity index (χ1) is 32.1. The number of nitrogens with one attached hydrogen (secondary N) is 2. The molecule has 4 amide bonds. The summed E-state index contributed by atoms with van der Waals surface area (Å²) in [5.74, 6) is -0.0246. The van der Waals surface area contributed by atoms with E-state index in [4.69, 9.17) is 37.7 Å². The van der Waals surface area contributed by atoms with Gasteiger partial charge in [-0.3, -0.25) is 24.1 Å². The van der Waals surface area contributed by atoms with Crippen molar-refractivity contribution in [2.75, 3.05) is 36.2 Å². The van der Waals surface area contributed by atoms with E-state index in [9.17, 15) is 24.4 Å². The number of carbonyl (C=O) groups excluding carboxylic acids is 4. The monoisotopic (exact) mass is 944 g/mol. The van der Waals surface area contributed by atoms with Gasteiger partial charge in [-0.2, -0.15) is 5.26 Å². The Kier molecular flexibility index (Phi) is 15.0. The molecule has 2 saturated heterocycles. The maximum Gasteiger partial charge on any atom is 0.259 e. The number of ether oxygens (including phenoxy) is 2. The van der Waals surface area contributed by atoms with Crippen LogP contribution in [0.15, 0.2) is 102 Å². The lowest BCUT2D eigenvalue weighted by Crippen LogP contribution is -2.58. The Morgan fingerprint density at radius 3 is 2.33 bits per heavy atom. The number of amides is 4. The zero-order valence-electron chi connectivity index (χ0n) is 38.1. The van der Waals surface area contributed by atoms with Crippen molar-refractivity contribution in [3.8, 4) is 34.4 Å². The van der Waals surface area contributed by atoms with Gasteiger partial charge in [0.05, 0.1) is 29.1 Å². The molecule has 5 aromatic rings. The number of thiocarbonyl (C=S) groups is 1. The van der Waals surface area contributed by atoms with Crippen molar-refractivity contribution in [2.24, 2.45) is 5.41 Å². The third kappa shape index (κ3) is 11.1. The SMILES string of the molecule is CC(C)(C)[C@H](NC(=O)COCCCCOc1ccc(-c2ccc(N3C(=S)N(c4ccc(C#N)c(Cl)c4)C(=O)C3(C)C)cc2)cn1)C(=O)N1CCC[C@H]1C(=O)NCc1ccc(-c2cnco2)cc1. The van der Waals surface area contributed by atoms with Crippen molar-refractivity contribution < 1.29 is 33.1 Å². The Balaban J connectivity index is 0.822. The molecule has 0 radical (unpaired) electrons. The van der Waals surface area contributed by atoms with Crippen LogP contribution in [-0.2, 0) is 30.5 Å². The molecule has 2 aromatic heterocycles. The number of hydrogen-bond donors (Lipinski definition) is 2. The third-order valence-electron chi connectivity index (χ3n) is 11.8. The van der Waals surface area contributed by atoms with Gasteiger partial charge in [-0.25, -0.2) is 9.97 Å². The molecule has 0 unspecified atom stereocenters. The lowest BCUT2D eigenvalue weighted by Gasteiger charge is -2.35. The minimum Gasteiger partial charge on any atom is -0.478 e. The van der Waals surface area contributed by atoms with Crippen molar-refractivity contribution in [1.29, 1.82) is 5.26 Å². The molecule has 0 aliphatic carbocycles. The van der Waals surface area contributed by atoms with E-state index in [-0.39, 0.29) is 29.4 Å². The molecule has 7 rings (SSSR count). The predicted octanol–water partition coefficient (Wildman–Crippen LogP) is 7.86. The number of pyridine rings is 1. The van der Waals surface area contributed by atoms with Crippen molar-refractivity contribution in [1.82, 2.24) is 25.5 Å². The Labute approximate surface area is 400 Å². The van der Waals surface area contributed by atoms with Gasteiger partial charge in [0.2, 0.25) is 23.6 Å². The molecule has 17 heteroatoms. The van der Waals surface area contributed by atoms with Crippen LogP contribution in [0.2, 0.25) is 5.02 Å². The molecular formula is C50H53ClN8O7S. The largest absolute Gasteiger partial charge is 0.478 e. The number of carbonyl (C=O) groups is 4. The molecule has 2 N–H and O–H groups in total. The number of aromatic nitrogens is 2. The fraction of sp³-hybridized carbons (Fsp3) is 0.360. The van der Waals surface area contributed by atoms with E-state index in [1.54, 1.807) is 46.5 Å². The van der Waals surface area contributed by atoms with Crippen molar-refractivity contribution in [3.05, 3.63) is 114 Å². The third-order valence-corrected chi connectivity index (χ3v) is 12.4. The van der Waals surface area contributed by atoms with Gasteiger partial charge >= 0.3 is 0 Å². The summed E-state index contributed by atoms with van der Waals surface area (Å²) in [4.78, 5) is 67.2. The highest BCUT2D eigenvalue weighted by atomic mass is 35.5. The van der Waals surface area contributed by atoms with Gasteiger partial charge in [-0.1, -0.05) is 68.8 Å². The van der Waals surface area contributed by atoms with Crippen LogP contribution < -0.4 is 25.2 Å². The fourth-order valence-corrected chi connectivity index (χ4v) is 8.79. The maximum absolute atomic E-state index is 13.9. The molecule has 2 aliphatic rings.